The quantitative estimate of drug-likeness (QED) is 0.852. The van der Waals surface area contributed by atoms with Crippen LogP contribution < -0.4 is 5.73 Å². The van der Waals surface area contributed by atoms with Crippen LogP contribution in [0.5, 0.6) is 0 Å². The zero-order valence-electron chi connectivity index (χ0n) is 15.1. The van der Waals surface area contributed by atoms with Crippen LogP contribution in [0.15, 0.2) is 47.8 Å². The van der Waals surface area contributed by atoms with Gasteiger partial charge in [-0.3, -0.25) is 4.79 Å². The molecule has 0 spiro atoms. The van der Waals surface area contributed by atoms with Gasteiger partial charge in [0.15, 0.2) is 0 Å². The van der Waals surface area contributed by atoms with Crippen molar-refractivity contribution in [3.05, 3.63) is 58.3 Å². The van der Waals surface area contributed by atoms with Crippen molar-refractivity contribution in [2.24, 2.45) is 17.6 Å². The summed E-state index contributed by atoms with van der Waals surface area (Å²) in [6.45, 7) is 5.11. The van der Waals surface area contributed by atoms with Gasteiger partial charge in [0.1, 0.15) is 0 Å². The van der Waals surface area contributed by atoms with Crippen molar-refractivity contribution < 1.29 is 4.79 Å². The van der Waals surface area contributed by atoms with Gasteiger partial charge in [-0.05, 0) is 41.8 Å². The van der Waals surface area contributed by atoms with Gasteiger partial charge in [0.2, 0.25) is 5.91 Å². The van der Waals surface area contributed by atoms with E-state index in [1.807, 2.05) is 17.5 Å². The van der Waals surface area contributed by atoms with Crippen LogP contribution in [-0.2, 0) is 11.2 Å². The van der Waals surface area contributed by atoms with Gasteiger partial charge in [-0.1, -0.05) is 36.4 Å². The second-order valence-corrected chi connectivity index (χ2v) is 8.67. The summed E-state index contributed by atoms with van der Waals surface area (Å²) in [6.07, 6.45) is 1.55. The third-order valence-electron chi connectivity index (χ3n) is 5.80. The van der Waals surface area contributed by atoms with E-state index in [-0.39, 0.29) is 6.04 Å². The molecule has 2 unspecified atom stereocenters. The second-order valence-electron chi connectivity index (χ2n) is 7.64. The Morgan fingerprint density at radius 2 is 1.81 bits per heavy atom. The van der Waals surface area contributed by atoms with E-state index in [1.165, 1.54) is 10.4 Å². The summed E-state index contributed by atoms with van der Waals surface area (Å²) in [5, 5.41) is 2.04. The molecule has 2 saturated heterocycles. The number of nitrogens with two attached hydrogens (primary N) is 1. The summed E-state index contributed by atoms with van der Waals surface area (Å²) in [5.41, 5.74) is 7.56. The smallest absolute Gasteiger partial charge is 0.227 e. The molecule has 1 amide bonds. The van der Waals surface area contributed by atoms with E-state index in [9.17, 15) is 4.79 Å². The monoisotopic (exact) mass is 369 g/mol. The van der Waals surface area contributed by atoms with Crippen molar-refractivity contribution in [2.45, 2.75) is 18.9 Å². The van der Waals surface area contributed by atoms with Gasteiger partial charge in [0.05, 0.1) is 6.42 Å². The molecule has 2 fully saturated rings. The Morgan fingerprint density at radius 3 is 2.46 bits per heavy atom. The number of amides is 1. The van der Waals surface area contributed by atoms with E-state index in [4.69, 9.17) is 5.73 Å². The molecule has 0 bridgehead atoms. The predicted molar refractivity (Wildman–Crippen MR) is 106 cm³/mol. The topological polar surface area (TPSA) is 49.6 Å². The van der Waals surface area contributed by atoms with E-state index < -0.39 is 0 Å². The van der Waals surface area contributed by atoms with Crippen LogP contribution in [0.4, 0.5) is 0 Å². The van der Waals surface area contributed by atoms with Crippen molar-refractivity contribution in [3.63, 3.8) is 0 Å². The van der Waals surface area contributed by atoms with Gasteiger partial charge in [0, 0.05) is 37.1 Å². The Morgan fingerprint density at radius 1 is 1.08 bits per heavy atom. The van der Waals surface area contributed by atoms with Gasteiger partial charge < -0.3 is 15.5 Å². The van der Waals surface area contributed by atoms with Gasteiger partial charge in [0.25, 0.3) is 0 Å². The Bertz CT molecular complexity index is 704. The summed E-state index contributed by atoms with van der Waals surface area (Å²) in [7, 11) is 0. The van der Waals surface area contributed by atoms with Crippen LogP contribution in [0.2, 0.25) is 0 Å². The standard InChI is InChI=1S/C21H27N3OS/c22-20(16-5-2-1-3-6-16)8-9-23-12-17-14-24(15-18(17)13-23)21(25)11-19-7-4-10-26-19/h1-7,10,17-18,20H,8-9,11-15,22H2/t17?,18?,20-/m0/s1. The minimum absolute atomic E-state index is 0.112. The number of hydrogen-bond acceptors (Lipinski definition) is 4. The lowest BCUT2D eigenvalue weighted by Crippen LogP contribution is -2.34. The molecule has 5 heteroatoms. The summed E-state index contributed by atoms with van der Waals surface area (Å²) in [5.74, 6) is 1.56. The Labute approximate surface area is 159 Å². The first kappa shape index (κ1) is 17.7. The average Bonchev–Trinajstić information content (AvgIpc) is 3.36. The number of thiophene rings is 1. The molecule has 4 nitrogen and oxygen atoms in total. The number of likely N-dealkylation sites (tertiary alicyclic amines) is 2. The highest BCUT2D eigenvalue weighted by atomic mass is 32.1. The molecule has 4 rings (SSSR count). The number of carbonyl (C=O) groups excluding carboxylic acids is 1. The molecule has 138 valence electrons. The maximum atomic E-state index is 12.5. The lowest BCUT2D eigenvalue weighted by Gasteiger charge is -2.23. The fourth-order valence-electron chi connectivity index (χ4n) is 4.34. The maximum absolute atomic E-state index is 12.5. The van der Waals surface area contributed by atoms with E-state index in [1.54, 1.807) is 11.3 Å². The van der Waals surface area contributed by atoms with E-state index in [0.29, 0.717) is 24.2 Å². The van der Waals surface area contributed by atoms with Gasteiger partial charge in [-0.2, -0.15) is 0 Å². The molecule has 2 N–H and O–H groups in total. The first-order chi connectivity index (χ1) is 12.7. The van der Waals surface area contributed by atoms with Crippen molar-refractivity contribution >= 4 is 17.2 Å². The van der Waals surface area contributed by atoms with Crippen LogP contribution in [-0.4, -0.2) is 48.4 Å². The highest BCUT2D eigenvalue weighted by Gasteiger charge is 2.41. The van der Waals surface area contributed by atoms with Crippen molar-refractivity contribution in [2.75, 3.05) is 32.7 Å². The second kappa shape index (κ2) is 7.91. The number of carbonyl (C=O) groups is 1. The molecule has 0 radical (unpaired) electrons. The molecule has 3 atom stereocenters. The number of fused-ring (bicyclic) bond motifs is 1. The molecular weight excluding hydrogens is 342 g/mol. The highest BCUT2D eigenvalue weighted by Crippen LogP contribution is 2.32. The van der Waals surface area contributed by atoms with Gasteiger partial charge in [-0.15, -0.1) is 11.3 Å². The van der Waals surface area contributed by atoms with E-state index >= 15 is 0 Å². The minimum atomic E-state index is 0.112. The van der Waals surface area contributed by atoms with Crippen LogP contribution in [0.25, 0.3) is 0 Å². The number of hydrogen-bond donors (Lipinski definition) is 1. The molecule has 2 aliphatic rings. The first-order valence-electron chi connectivity index (χ1n) is 9.52. The van der Waals surface area contributed by atoms with Crippen LogP contribution in [0, 0.1) is 11.8 Å². The zero-order valence-corrected chi connectivity index (χ0v) is 15.9. The summed E-state index contributed by atoms with van der Waals surface area (Å²) < 4.78 is 0. The molecule has 1 aromatic heterocycles. The molecule has 2 aromatic rings. The Hall–Kier alpha value is -1.69. The number of benzene rings is 1. The molecule has 26 heavy (non-hydrogen) atoms. The van der Waals surface area contributed by atoms with Crippen LogP contribution in [0.3, 0.4) is 0 Å². The lowest BCUT2D eigenvalue weighted by molar-refractivity contribution is -0.129. The molecule has 1 aromatic carbocycles. The molecule has 2 aliphatic heterocycles. The van der Waals surface area contributed by atoms with Crippen LogP contribution in [0.1, 0.15) is 22.9 Å². The molecular formula is C21H27N3OS. The van der Waals surface area contributed by atoms with E-state index in [2.05, 4.69) is 40.1 Å². The van der Waals surface area contributed by atoms with Gasteiger partial charge >= 0.3 is 0 Å². The zero-order chi connectivity index (χ0) is 17.9. The fraction of sp³-hybridized carbons (Fsp3) is 0.476. The molecule has 0 saturated carbocycles. The lowest BCUT2D eigenvalue weighted by atomic mass is 10.0. The SMILES string of the molecule is N[C@@H](CCN1CC2CN(C(=O)Cc3cccs3)CC2C1)c1ccccc1. The van der Waals surface area contributed by atoms with Crippen LogP contribution >= 0.6 is 11.3 Å². The largest absolute Gasteiger partial charge is 0.342 e. The molecule has 0 aliphatic carbocycles. The first-order valence-corrected chi connectivity index (χ1v) is 10.4. The Kier molecular flexibility index (Phi) is 5.38. The van der Waals surface area contributed by atoms with Crippen molar-refractivity contribution in [3.8, 4) is 0 Å². The van der Waals surface area contributed by atoms with Crippen molar-refractivity contribution in [1.29, 1.82) is 0 Å². The van der Waals surface area contributed by atoms with Gasteiger partial charge in [-0.25, -0.2) is 0 Å². The summed E-state index contributed by atoms with van der Waals surface area (Å²) >= 11 is 1.67. The third kappa shape index (κ3) is 4.00. The highest BCUT2D eigenvalue weighted by molar-refractivity contribution is 7.10. The van der Waals surface area contributed by atoms with E-state index in [0.717, 1.165) is 39.1 Å². The summed E-state index contributed by atoms with van der Waals surface area (Å²) in [4.78, 5) is 18.3. The fourth-order valence-corrected chi connectivity index (χ4v) is 5.03. The average molecular weight is 370 g/mol. The number of nitrogens with zero attached hydrogens (tertiary/aromatic N) is 2. The van der Waals surface area contributed by atoms with Crippen molar-refractivity contribution in [1.82, 2.24) is 9.80 Å². The third-order valence-corrected chi connectivity index (χ3v) is 6.68. The minimum Gasteiger partial charge on any atom is -0.342 e. The predicted octanol–water partition coefficient (Wildman–Crippen LogP) is 2.77. The number of rotatable bonds is 6. The maximum Gasteiger partial charge on any atom is 0.227 e. The molecule has 3 heterocycles. The summed E-state index contributed by atoms with van der Waals surface area (Å²) in [6, 6.07) is 14.5. The normalized spacial score (nSPS) is 24.0. The Balaban J connectivity index is 1.23.